The lowest BCUT2D eigenvalue weighted by atomic mass is 10.2. The molecular weight excluding hydrogens is 331 g/mol. The Balaban J connectivity index is 2.40. The first-order valence-electron chi connectivity index (χ1n) is 5.47. The summed E-state index contributed by atoms with van der Waals surface area (Å²) in [7, 11) is 1.23. The van der Waals surface area contributed by atoms with Crippen LogP contribution in [0.2, 0.25) is 0 Å². The Kier molecular flexibility index (Phi) is 4.19. The highest BCUT2D eigenvalue weighted by molar-refractivity contribution is 9.10. The number of rotatable bonds is 3. The minimum atomic E-state index is -0.643. The second-order valence-corrected chi connectivity index (χ2v) is 4.74. The van der Waals surface area contributed by atoms with Gasteiger partial charge in [-0.2, -0.15) is 0 Å². The molecule has 104 valence electrons. The number of methoxy groups -OCH3 is 1. The maximum atomic E-state index is 13.3. The molecule has 0 amide bonds. The highest BCUT2D eigenvalue weighted by Crippen LogP contribution is 2.28. The van der Waals surface area contributed by atoms with Gasteiger partial charge in [-0.25, -0.2) is 14.2 Å². The molecule has 0 spiro atoms. The molecule has 0 aliphatic heterocycles. The van der Waals surface area contributed by atoms with Crippen LogP contribution in [0.1, 0.15) is 10.4 Å². The van der Waals surface area contributed by atoms with Crippen molar-refractivity contribution in [1.29, 1.82) is 0 Å². The van der Waals surface area contributed by atoms with Gasteiger partial charge in [-0.05, 0) is 18.2 Å². The van der Waals surface area contributed by atoms with E-state index in [2.05, 4.69) is 25.7 Å². The molecule has 2 N–H and O–H groups in total. The molecule has 7 heteroatoms. The first-order valence-corrected chi connectivity index (χ1v) is 6.26. The Morgan fingerprint density at radius 1 is 1.35 bits per heavy atom. The molecule has 0 fully saturated rings. The van der Waals surface area contributed by atoms with Crippen LogP contribution in [-0.2, 0) is 4.74 Å². The van der Waals surface area contributed by atoms with Crippen molar-refractivity contribution in [1.82, 2.24) is 4.98 Å². The van der Waals surface area contributed by atoms with Crippen molar-refractivity contribution in [3.05, 3.63) is 46.3 Å². The zero-order valence-corrected chi connectivity index (χ0v) is 12.0. The molecular formula is C13H10BrFN2O3. The second kappa shape index (κ2) is 5.87. The SMILES string of the molecule is COC(=O)c1cc(N)cnc1Oc1cc(F)cc(Br)c1. The monoisotopic (exact) mass is 340 g/mol. The highest BCUT2D eigenvalue weighted by Gasteiger charge is 2.16. The van der Waals surface area contributed by atoms with E-state index >= 15 is 0 Å². The van der Waals surface area contributed by atoms with E-state index in [1.165, 1.54) is 31.5 Å². The zero-order chi connectivity index (χ0) is 14.7. The topological polar surface area (TPSA) is 74.4 Å². The van der Waals surface area contributed by atoms with Crippen molar-refractivity contribution < 1.29 is 18.7 Å². The number of nitrogen functional groups attached to an aromatic ring is 1. The van der Waals surface area contributed by atoms with E-state index in [9.17, 15) is 9.18 Å². The molecule has 0 saturated carbocycles. The van der Waals surface area contributed by atoms with Crippen LogP contribution in [0.5, 0.6) is 11.6 Å². The van der Waals surface area contributed by atoms with Gasteiger partial charge in [0.25, 0.3) is 0 Å². The number of ether oxygens (including phenoxy) is 2. The number of nitrogens with zero attached hydrogens (tertiary/aromatic N) is 1. The fourth-order valence-electron chi connectivity index (χ4n) is 1.50. The van der Waals surface area contributed by atoms with Crippen LogP contribution in [0.4, 0.5) is 10.1 Å². The number of hydrogen-bond acceptors (Lipinski definition) is 5. The highest BCUT2D eigenvalue weighted by atomic mass is 79.9. The van der Waals surface area contributed by atoms with Gasteiger partial charge in [0.05, 0.1) is 19.0 Å². The summed E-state index contributed by atoms with van der Waals surface area (Å²) in [4.78, 5) is 15.5. The van der Waals surface area contributed by atoms with E-state index in [4.69, 9.17) is 10.5 Å². The molecule has 0 unspecified atom stereocenters. The standard InChI is InChI=1S/C13H10BrFN2O3/c1-19-13(18)11-5-9(16)6-17-12(11)20-10-3-7(14)2-8(15)4-10/h2-6H,16H2,1H3. The lowest BCUT2D eigenvalue weighted by Gasteiger charge is -2.09. The predicted octanol–water partition coefficient (Wildman–Crippen LogP) is 3.14. The summed E-state index contributed by atoms with van der Waals surface area (Å²) in [6.07, 6.45) is 1.33. The molecule has 1 aromatic carbocycles. The summed E-state index contributed by atoms with van der Waals surface area (Å²) in [5.41, 5.74) is 5.92. The fourth-order valence-corrected chi connectivity index (χ4v) is 1.95. The molecule has 5 nitrogen and oxygen atoms in total. The minimum absolute atomic E-state index is 0.0106. The predicted molar refractivity (Wildman–Crippen MR) is 74.2 cm³/mol. The minimum Gasteiger partial charge on any atom is -0.465 e. The lowest BCUT2D eigenvalue weighted by Crippen LogP contribution is -2.06. The third-order valence-corrected chi connectivity index (χ3v) is 2.79. The molecule has 1 heterocycles. The fraction of sp³-hybridized carbons (Fsp3) is 0.0769. The number of esters is 1. The maximum Gasteiger partial charge on any atom is 0.343 e. The third kappa shape index (κ3) is 3.24. The quantitative estimate of drug-likeness (QED) is 0.868. The number of aromatic nitrogens is 1. The Bertz CT molecular complexity index is 644. The summed E-state index contributed by atoms with van der Waals surface area (Å²) in [5.74, 6) is -0.942. The Hall–Kier alpha value is -2.15. The van der Waals surface area contributed by atoms with E-state index in [1.807, 2.05) is 0 Å². The van der Waals surface area contributed by atoms with E-state index in [0.29, 0.717) is 4.47 Å². The van der Waals surface area contributed by atoms with Gasteiger partial charge in [-0.1, -0.05) is 15.9 Å². The zero-order valence-electron chi connectivity index (χ0n) is 10.4. The van der Waals surface area contributed by atoms with Crippen molar-refractivity contribution in [2.45, 2.75) is 0 Å². The van der Waals surface area contributed by atoms with E-state index in [-0.39, 0.29) is 22.9 Å². The van der Waals surface area contributed by atoms with Crippen molar-refractivity contribution in [3.8, 4) is 11.6 Å². The first-order chi connectivity index (χ1) is 9.49. The largest absolute Gasteiger partial charge is 0.465 e. The summed E-state index contributed by atoms with van der Waals surface area (Å²) in [6.45, 7) is 0. The molecule has 2 aromatic rings. The molecule has 0 atom stereocenters. The van der Waals surface area contributed by atoms with Gasteiger partial charge in [0.2, 0.25) is 5.88 Å². The van der Waals surface area contributed by atoms with Crippen LogP contribution >= 0.6 is 15.9 Å². The number of carbonyl (C=O) groups is 1. The van der Waals surface area contributed by atoms with E-state index in [1.54, 1.807) is 6.07 Å². The maximum absolute atomic E-state index is 13.3. The van der Waals surface area contributed by atoms with Gasteiger partial charge >= 0.3 is 5.97 Å². The van der Waals surface area contributed by atoms with Gasteiger partial charge < -0.3 is 15.2 Å². The van der Waals surface area contributed by atoms with Gasteiger partial charge in [-0.3, -0.25) is 0 Å². The van der Waals surface area contributed by atoms with Gasteiger partial charge in [0, 0.05) is 10.5 Å². The lowest BCUT2D eigenvalue weighted by molar-refractivity contribution is 0.0597. The van der Waals surface area contributed by atoms with Crippen LogP contribution in [0.3, 0.4) is 0 Å². The van der Waals surface area contributed by atoms with Crippen molar-refractivity contribution >= 4 is 27.6 Å². The van der Waals surface area contributed by atoms with Crippen molar-refractivity contribution in [2.75, 3.05) is 12.8 Å². The molecule has 0 aliphatic carbocycles. The second-order valence-electron chi connectivity index (χ2n) is 3.82. The van der Waals surface area contributed by atoms with Gasteiger partial charge in [0.15, 0.2) is 0 Å². The summed E-state index contributed by atoms with van der Waals surface area (Å²) in [5, 5.41) is 0. The van der Waals surface area contributed by atoms with Crippen LogP contribution < -0.4 is 10.5 Å². The number of hydrogen-bond donors (Lipinski definition) is 1. The molecule has 2 rings (SSSR count). The molecule has 0 saturated heterocycles. The Morgan fingerprint density at radius 3 is 2.75 bits per heavy atom. The molecule has 0 radical (unpaired) electrons. The van der Waals surface area contributed by atoms with Crippen LogP contribution in [0.25, 0.3) is 0 Å². The number of pyridine rings is 1. The summed E-state index contributed by atoms with van der Waals surface area (Å²) < 4.78 is 23.8. The van der Waals surface area contributed by atoms with E-state index in [0.717, 1.165) is 0 Å². The third-order valence-electron chi connectivity index (χ3n) is 2.33. The summed E-state index contributed by atoms with van der Waals surface area (Å²) >= 11 is 3.15. The van der Waals surface area contributed by atoms with Crippen LogP contribution in [-0.4, -0.2) is 18.1 Å². The number of nitrogens with two attached hydrogens (primary N) is 1. The number of benzene rings is 1. The molecule has 0 bridgehead atoms. The van der Waals surface area contributed by atoms with Crippen LogP contribution in [0, 0.1) is 5.82 Å². The first kappa shape index (κ1) is 14.3. The van der Waals surface area contributed by atoms with Gasteiger partial charge in [0.1, 0.15) is 17.1 Å². The number of carbonyl (C=O) groups excluding carboxylic acids is 1. The Labute approximate surface area is 122 Å². The number of anilines is 1. The van der Waals surface area contributed by atoms with Gasteiger partial charge in [-0.15, -0.1) is 0 Å². The molecule has 1 aromatic heterocycles. The van der Waals surface area contributed by atoms with Crippen molar-refractivity contribution in [3.63, 3.8) is 0 Å². The Morgan fingerprint density at radius 2 is 2.10 bits per heavy atom. The average Bonchev–Trinajstić information content (AvgIpc) is 2.38. The number of halogens is 2. The van der Waals surface area contributed by atoms with E-state index < -0.39 is 11.8 Å². The molecule has 0 aliphatic rings. The average molecular weight is 341 g/mol. The summed E-state index contributed by atoms with van der Waals surface area (Å²) in [6, 6.07) is 5.37. The molecule has 20 heavy (non-hydrogen) atoms. The van der Waals surface area contributed by atoms with Crippen LogP contribution in [0.15, 0.2) is 34.9 Å². The van der Waals surface area contributed by atoms with Crippen molar-refractivity contribution in [2.24, 2.45) is 0 Å². The smallest absolute Gasteiger partial charge is 0.343 e. The normalized spacial score (nSPS) is 10.2.